The highest BCUT2D eigenvalue weighted by molar-refractivity contribution is 6.30. The molecule has 1 aliphatic heterocycles. The fourth-order valence-corrected chi connectivity index (χ4v) is 3.07. The van der Waals surface area contributed by atoms with Gasteiger partial charge in [0.25, 0.3) is 11.8 Å². The normalized spacial score (nSPS) is 15.5. The third kappa shape index (κ3) is 3.91. The second-order valence-corrected chi connectivity index (χ2v) is 6.60. The average molecular weight is 375 g/mol. The molecule has 0 radical (unpaired) electrons. The van der Waals surface area contributed by atoms with Crippen LogP contribution in [0.5, 0.6) is 11.5 Å². The second kappa shape index (κ2) is 7.25. The summed E-state index contributed by atoms with van der Waals surface area (Å²) in [7, 11) is 0. The van der Waals surface area contributed by atoms with Gasteiger partial charge < -0.3 is 20.1 Å². The summed E-state index contributed by atoms with van der Waals surface area (Å²) in [4.78, 5) is 23.9. The Kier molecular flexibility index (Phi) is 5.04. The molecule has 0 aromatic heterocycles. The van der Waals surface area contributed by atoms with E-state index in [9.17, 15) is 9.59 Å². The number of ether oxygens (including phenoxy) is 2. The average Bonchev–Trinajstić information content (AvgIpc) is 2.55. The van der Waals surface area contributed by atoms with E-state index in [4.69, 9.17) is 21.1 Å². The highest BCUT2D eigenvalue weighted by atomic mass is 35.5. The SMILES string of the molecule is Cc1cc(Cl)cc(C)c1OCC(=O)Nc1ccc2c(c1)NC(=O)[C@H](C)O2. The number of anilines is 2. The van der Waals surface area contributed by atoms with Crippen molar-refractivity contribution in [2.24, 2.45) is 0 Å². The zero-order valence-corrected chi connectivity index (χ0v) is 15.4. The van der Waals surface area contributed by atoms with Gasteiger partial charge in [0, 0.05) is 10.7 Å². The van der Waals surface area contributed by atoms with Crippen LogP contribution in [0.15, 0.2) is 30.3 Å². The lowest BCUT2D eigenvalue weighted by Gasteiger charge is -2.23. The molecule has 6 nitrogen and oxygen atoms in total. The summed E-state index contributed by atoms with van der Waals surface area (Å²) < 4.78 is 11.1. The molecule has 1 atom stereocenters. The van der Waals surface area contributed by atoms with Crippen molar-refractivity contribution in [3.63, 3.8) is 0 Å². The minimum absolute atomic E-state index is 0.139. The van der Waals surface area contributed by atoms with Crippen molar-refractivity contribution in [3.8, 4) is 11.5 Å². The Morgan fingerprint density at radius 2 is 1.96 bits per heavy atom. The topological polar surface area (TPSA) is 76.7 Å². The quantitative estimate of drug-likeness (QED) is 0.855. The molecule has 2 N–H and O–H groups in total. The number of hydrogen-bond donors (Lipinski definition) is 2. The van der Waals surface area contributed by atoms with E-state index in [-0.39, 0.29) is 18.4 Å². The van der Waals surface area contributed by atoms with E-state index in [1.54, 1.807) is 37.3 Å². The van der Waals surface area contributed by atoms with Crippen LogP contribution in [0.1, 0.15) is 18.1 Å². The Balaban J connectivity index is 1.64. The van der Waals surface area contributed by atoms with Gasteiger partial charge in [-0.3, -0.25) is 9.59 Å². The van der Waals surface area contributed by atoms with Gasteiger partial charge in [-0.1, -0.05) is 11.6 Å². The summed E-state index contributed by atoms with van der Waals surface area (Å²) in [5.74, 6) is 0.677. The molecule has 0 spiro atoms. The van der Waals surface area contributed by atoms with Crippen LogP contribution in [-0.2, 0) is 9.59 Å². The number of halogens is 1. The highest BCUT2D eigenvalue weighted by Gasteiger charge is 2.23. The molecule has 2 aromatic carbocycles. The molecule has 0 unspecified atom stereocenters. The molecule has 1 aliphatic rings. The van der Waals surface area contributed by atoms with Crippen molar-refractivity contribution in [2.75, 3.05) is 17.2 Å². The van der Waals surface area contributed by atoms with Crippen LogP contribution in [0.3, 0.4) is 0 Å². The van der Waals surface area contributed by atoms with Gasteiger partial charge in [0.2, 0.25) is 0 Å². The Morgan fingerprint density at radius 1 is 1.27 bits per heavy atom. The van der Waals surface area contributed by atoms with Gasteiger partial charge >= 0.3 is 0 Å². The number of fused-ring (bicyclic) bond motifs is 1. The van der Waals surface area contributed by atoms with Crippen LogP contribution >= 0.6 is 11.6 Å². The number of carbonyl (C=O) groups excluding carboxylic acids is 2. The van der Waals surface area contributed by atoms with Crippen LogP contribution in [0.25, 0.3) is 0 Å². The summed E-state index contributed by atoms with van der Waals surface area (Å²) in [5, 5.41) is 6.11. The van der Waals surface area contributed by atoms with E-state index in [1.807, 2.05) is 13.8 Å². The Hall–Kier alpha value is -2.73. The fraction of sp³-hybridized carbons (Fsp3) is 0.263. The first-order valence-corrected chi connectivity index (χ1v) is 8.52. The van der Waals surface area contributed by atoms with Gasteiger partial charge in [-0.05, 0) is 62.2 Å². The first kappa shape index (κ1) is 18.1. The van der Waals surface area contributed by atoms with Crippen molar-refractivity contribution < 1.29 is 19.1 Å². The Labute approximate surface area is 156 Å². The number of nitrogens with one attached hydrogen (secondary N) is 2. The lowest BCUT2D eigenvalue weighted by molar-refractivity contribution is -0.122. The Morgan fingerprint density at radius 3 is 2.65 bits per heavy atom. The molecule has 0 aliphatic carbocycles. The van der Waals surface area contributed by atoms with Crippen molar-refractivity contribution in [1.29, 1.82) is 0 Å². The molecule has 136 valence electrons. The van der Waals surface area contributed by atoms with Crippen LogP contribution in [0.4, 0.5) is 11.4 Å². The van der Waals surface area contributed by atoms with E-state index >= 15 is 0 Å². The fourth-order valence-electron chi connectivity index (χ4n) is 2.75. The highest BCUT2D eigenvalue weighted by Crippen LogP contribution is 2.32. The molecule has 26 heavy (non-hydrogen) atoms. The van der Waals surface area contributed by atoms with Crippen molar-refractivity contribution >= 4 is 34.8 Å². The summed E-state index contributed by atoms with van der Waals surface area (Å²) in [6.07, 6.45) is -0.540. The molecular weight excluding hydrogens is 356 g/mol. The van der Waals surface area contributed by atoms with Gasteiger partial charge in [-0.15, -0.1) is 0 Å². The molecular formula is C19H19ClN2O4. The van der Waals surface area contributed by atoms with Crippen LogP contribution < -0.4 is 20.1 Å². The van der Waals surface area contributed by atoms with Crippen molar-refractivity contribution in [1.82, 2.24) is 0 Å². The first-order valence-electron chi connectivity index (χ1n) is 8.14. The second-order valence-electron chi connectivity index (χ2n) is 6.17. The molecule has 3 rings (SSSR count). The van der Waals surface area contributed by atoms with E-state index in [0.717, 1.165) is 11.1 Å². The largest absolute Gasteiger partial charge is 0.483 e. The lowest BCUT2D eigenvalue weighted by atomic mass is 10.1. The van der Waals surface area contributed by atoms with Crippen molar-refractivity contribution in [2.45, 2.75) is 26.9 Å². The molecule has 0 saturated carbocycles. The third-order valence-corrected chi connectivity index (χ3v) is 4.19. The van der Waals surface area contributed by atoms with Crippen LogP contribution in [0.2, 0.25) is 5.02 Å². The molecule has 0 saturated heterocycles. The van der Waals surface area contributed by atoms with E-state index in [2.05, 4.69) is 10.6 Å². The molecule has 7 heteroatoms. The van der Waals surface area contributed by atoms with Gasteiger partial charge in [0.05, 0.1) is 5.69 Å². The summed E-state index contributed by atoms with van der Waals surface area (Å²) in [5.41, 5.74) is 2.80. The van der Waals surface area contributed by atoms with E-state index in [1.165, 1.54) is 0 Å². The number of carbonyl (C=O) groups is 2. The maximum atomic E-state index is 12.2. The maximum Gasteiger partial charge on any atom is 0.265 e. The summed E-state index contributed by atoms with van der Waals surface area (Å²) in [6.45, 7) is 5.28. The standard InChI is InChI=1S/C19H19ClN2O4/c1-10-6-13(20)7-11(2)18(10)25-9-17(23)21-14-4-5-16-15(8-14)22-19(24)12(3)26-16/h4-8,12H,9H2,1-3H3,(H,21,23)(H,22,24)/t12-/m0/s1. The van der Waals surface area contributed by atoms with Crippen molar-refractivity contribution in [3.05, 3.63) is 46.5 Å². The van der Waals surface area contributed by atoms with Crippen LogP contribution in [0, 0.1) is 13.8 Å². The number of aryl methyl sites for hydroxylation is 2. The van der Waals surface area contributed by atoms with Gasteiger partial charge in [-0.2, -0.15) is 0 Å². The first-order chi connectivity index (χ1) is 12.3. The molecule has 0 bridgehead atoms. The minimum Gasteiger partial charge on any atom is -0.483 e. The van der Waals surface area contributed by atoms with Gasteiger partial charge in [0.1, 0.15) is 11.5 Å². The van der Waals surface area contributed by atoms with Gasteiger partial charge in [0.15, 0.2) is 12.7 Å². The predicted molar refractivity (Wildman–Crippen MR) is 100 cm³/mol. The maximum absolute atomic E-state index is 12.2. The predicted octanol–water partition coefficient (Wildman–Crippen LogP) is 3.69. The zero-order valence-electron chi connectivity index (χ0n) is 14.7. The number of hydrogen-bond acceptors (Lipinski definition) is 4. The Bertz CT molecular complexity index is 859. The number of benzene rings is 2. The summed E-state index contributed by atoms with van der Waals surface area (Å²) >= 11 is 5.99. The molecule has 2 aromatic rings. The van der Waals surface area contributed by atoms with E-state index in [0.29, 0.717) is 27.9 Å². The minimum atomic E-state index is -0.540. The smallest absolute Gasteiger partial charge is 0.265 e. The van der Waals surface area contributed by atoms with Crippen LogP contribution in [-0.4, -0.2) is 24.5 Å². The molecule has 0 fully saturated rings. The monoisotopic (exact) mass is 374 g/mol. The lowest BCUT2D eigenvalue weighted by Crippen LogP contribution is -2.34. The number of rotatable bonds is 4. The number of amides is 2. The van der Waals surface area contributed by atoms with Gasteiger partial charge in [-0.25, -0.2) is 0 Å². The third-order valence-electron chi connectivity index (χ3n) is 3.97. The summed E-state index contributed by atoms with van der Waals surface area (Å²) in [6, 6.07) is 8.63. The molecule has 1 heterocycles. The van der Waals surface area contributed by atoms with E-state index < -0.39 is 6.10 Å². The molecule has 2 amide bonds. The zero-order chi connectivity index (χ0) is 18.8.